The van der Waals surface area contributed by atoms with Crippen LogP contribution in [0.15, 0.2) is 65.0 Å². The van der Waals surface area contributed by atoms with Gasteiger partial charge in [-0.25, -0.2) is 4.68 Å². The summed E-state index contributed by atoms with van der Waals surface area (Å²) in [6.45, 7) is 4.19. The molecule has 3 aromatic rings. The molecular formula is C26H25ClN4O3S. The highest BCUT2D eigenvalue weighted by Crippen LogP contribution is 2.45. The van der Waals surface area contributed by atoms with E-state index < -0.39 is 6.04 Å². The van der Waals surface area contributed by atoms with Crippen LogP contribution in [0.5, 0.6) is 5.75 Å². The first-order valence-corrected chi connectivity index (χ1v) is 12.7. The molecule has 2 aliphatic rings. The first kappa shape index (κ1) is 23.6. The second kappa shape index (κ2) is 9.17. The normalized spacial score (nSPS) is 18.5. The number of carbonyl (C=O) groups is 2. The van der Waals surface area contributed by atoms with Gasteiger partial charge in [-0.05, 0) is 53.8 Å². The minimum Gasteiger partial charge on any atom is -0.497 e. The summed E-state index contributed by atoms with van der Waals surface area (Å²) in [5, 5.41) is 9.11. The molecule has 180 valence electrons. The summed E-state index contributed by atoms with van der Waals surface area (Å²) in [5.41, 5.74) is 2.90. The number of Topliss-reactive ketones (excluding diaryl/α,β-unsaturated/α-hetero) is 2. The summed E-state index contributed by atoms with van der Waals surface area (Å²) in [4.78, 5) is 30.7. The molecule has 1 aliphatic carbocycles. The molecule has 0 amide bonds. The lowest BCUT2D eigenvalue weighted by Crippen LogP contribution is -2.36. The van der Waals surface area contributed by atoms with Crippen LogP contribution in [0.25, 0.3) is 0 Å². The molecule has 0 saturated heterocycles. The van der Waals surface area contributed by atoms with E-state index in [9.17, 15) is 9.59 Å². The number of methoxy groups -OCH3 is 1. The third-order valence-electron chi connectivity index (χ3n) is 6.22. The number of fused-ring (bicyclic) bond motifs is 1. The van der Waals surface area contributed by atoms with E-state index in [4.69, 9.17) is 21.4 Å². The van der Waals surface area contributed by atoms with Crippen molar-refractivity contribution < 1.29 is 14.3 Å². The number of halogens is 1. The van der Waals surface area contributed by atoms with Crippen molar-refractivity contribution in [3.63, 3.8) is 0 Å². The molecule has 7 nitrogen and oxygen atoms in total. The number of rotatable bonds is 6. The Morgan fingerprint density at radius 1 is 1.23 bits per heavy atom. The lowest BCUT2D eigenvalue weighted by Gasteiger charge is -2.38. The predicted octanol–water partition coefficient (Wildman–Crippen LogP) is 5.57. The van der Waals surface area contributed by atoms with Crippen LogP contribution in [-0.4, -0.2) is 39.2 Å². The van der Waals surface area contributed by atoms with E-state index in [0.29, 0.717) is 39.4 Å². The Kier molecular flexibility index (Phi) is 6.19. The topological polar surface area (TPSA) is 86.1 Å². The number of allylic oxidation sites excluding steroid dienone is 2. The number of anilines is 1. The fourth-order valence-electron chi connectivity index (χ4n) is 4.63. The zero-order valence-corrected chi connectivity index (χ0v) is 21.2. The SMILES string of the molecule is COc1ccc(C(=O)CSc2nc3n(n2)[C@@H](c2cccc(Cl)c2)C2=C(CC(C)(C)CC2=O)N3)cc1. The van der Waals surface area contributed by atoms with E-state index in [-0.39, 0.29) is 22.7 Å². The first-order chi connectivity index (χ1) is 16.7. The van der Waals surface area contributed by atoms with Crippen molar-refractivity contribution in [2.24, 2.45) is 5.41 Å². The monoisotopic (exact) mass is 508 g/mol. The molecule has 0 unspecified atom stereocenters. The average molecular weight is 509 g/mol. The Morgan fingerprint density at radius 3 is 2.71 bits per heavy atom. The van der Waals surface area contributed by atoms with Gasteiger partial charge in [-0.2, -0.15) is 4.98 Å². The van der Waals surface area contributed by atoms with E-state index in [2.05, 4.69) is 24.1 Å². The van der Waals surface area contributed by atoms with Crippen LogP contribution in [0.1, 0.15) is 48.7 Å². The highest BCUT2D eigenvalue weighted by Gasteiger charge is 2.42. The minimum absolute atomic E-state index is 0.0286. The van der Waals surface area contributed by atoms with Crippen molar-refractivity contribution in [1.29, 1.82) is 0 Å². The Balaban J connectivity index is 1.45. The molecular weight excluding hydrogens is 484 g/mol. The van der Waals surface area contributed by atoms with Gasteiger partial charge in [0.2, 0.25) is 11.1 Å². The van der Waals surface area contributed by atoms with Crippen molar-refractivity contribution in [2.45, 2.75) is 37.9 Å². The highest BCUT2D eigenvalue weighted by molar-refractivity contribution is 7.99. The maximum atomic E-state index is 13.3. The van der Waals surface area contributed by atoms with Crippen LogP contribution < -0.4 is 10.1 Å². The van der Waals surface area contributed by atoms with Gasteiger partial charge in [-0.3, -0.25) is 9.59 Å². The molecule has 0 bridgehead atoms. The minimum atomic E-state index is -0.428. The molecule has 1 N–H and O–H groups in total. The number of benzene rings is 2. The van der Waals surface area contributed by atoms with Gasteiger partial charge < -0.3 is 10.1 Å². The molecule has 5 rings (SSSR count). The summed E-state index contributed by atoms with van der Waals surface area (Å²) >= 11 is 7.57. The smallest absolute Gasteiger partial charge is 0.227 e. The van der Waals surface area contributed by atoms with Gasteiger partial charge in [0.1, 0.15) is 11.8 Å². The molecule has 0 radical (unpaired) electrons. The number of aromatic nitrogens is 3. The van der Waals surface area contributed by atoms with Crippen molar-refractivity contribution in [2.75, 3.05) is 18.2 Å². The summed E-state index contributed by atoms with van der Waals surface area (Å²) in [5.74, 6) is 1.51. The maximum absolute atomic E-state index is 13.3. The van der Waals surface area contributed by atoms with Crippen molar-refractivity contribution >= 4 is 40.9 Å². The van der Waals surface area contributed by atoms with Crippen LogP contribution in [-0.2, 0) is 4.79 Å². The van der Waals surface area contributed by atoms with Gasteiger partial charge in [0, 0.05) is 28.3 Å². The maximum Gasteiger partial charge on any atom is 0.227 e. The van der Waals surface area contributed by atoms with E-state index in [1.807, 2.05) is 24.3 Å². The molecule has 1 aromatic heterocycles. The molecule has 0 spiro atoms. The van der Waals surface area contributed by atoms with Gasteiger partial charge in [-0.15, -0.1) is 5.10 Å². The van der Waals surface area contributed by atoms with Gasteiger partial charge in [-0.1, -0.05) is 49.3 Å². The van der Waals surface area contributed by atoms with E-state index in [1.165, 1.54) is 11.8 Å². The van der Waals surface area contributed by atoms with Crippen LogP contribution in [0.3, 0.4) is 0 Å². The Morgan fingerprint density at radius 2 is 2.00 bits per heavy atom. The number of thioether (sulfide) groups is 1. The van der Waals surface area contributed by atoms with Crippen molar-refractivity contribution in [3.8, 4) is 5.75 Å². The number of nitrogens with zero attached hydrogens (tertiary/aromatic N) is 3. The molecule has 35 heavy (non-hydrogen) atoms. The van der Waals surface area contributed by atoms with Gasteiger partial charge in [0.15, 0.2) is 11.6 Å². The average Bonchev–Trinajstić information content (AvgIpc) is 3.23. The summed E-state index contributed by atoms with van der Waals surface area (Å²) < 4.78 is 6.89. The summed E-state index contributed by atoms with van der Waals surface area (Å²) in [6, 6.07) is 14.1. The number of hydrogen-bond donors (Lipinski definition) is 1. The Hall–Kier alpha value is -3.10. The predicted molar refractivity (Wildman–Crippen MR) is 136 cm³/mol. The van der Waals surface area contributed by atoms with Crippen LogP contribution in [0, 0.1) is 5.41 Å². The van der Waals surface area contributed by atoms with Gasteiger partial charge in [0.05, 0.1) is 12.9 Å². The summed E-state index contributed by atoms with van der Waals surface area (Å²) in [7, 11) is 1.59. The zero-order valence-electron chi connectivity index (χ0n) is 19.7. The number of nitrogens with one attached hydrogen (secondary N) is 1. The van der Waals surface area contributed by atoms with Crippen LogP contribution in [0.2, 0.25) is 5.02 Å². The molecule has 1 atom stereocenters. The lowest BCUT2D eigenvalue weighted by molar-refractivity contribution is -0.118. The number of hydrogen-bond acceptors (Lipinski definition) is 7. The molecule has 0 saturated carbocycles. The third-order valence-corrected chi connectivity index (χ3v) is 7.29. The molecule has 2 heterocycles. The molecule has 9 heteroatoms. The van der Waals surface area contributed by atoms with E-state index in [0.717, 1.165) is 17.7 Å². The Bertz CT molecular complexity index is 1350. The second-order valence-corrected chi connectivity index (χ2v) is 10.9. The fourth-order valence-corrected chi connectivity index (χ4v) is 5.55. The molecule has 2 aromatic carbocycles. The van der Waals surface area contributed by atoms with Crippen molar-refractivity contribution in [3.05, 3.63) is 76.0 Å². The second-order valence-electron chi connectivity index (χ2n) is 9.52. The van der Waals surface area contributed by atoms with Gasteiger partial charge >= 0.3 is 0 Å². The standard InChI is InChI=1S/C26H25ClN4O3S/c1-26(2)12-19-22(20(32)13-26)23(16-5-4-6-17(27)11-16)31-24(28-19)29-25(30-31)35-14-21(33)15-7-9-18(34-3)10-8-15/h4-11,23H,12-14H2,1-3H3,(H,28,29,30)/t23-/m0/s1. The number of ketones is 2. The molecule has 0 fully saturated rings. The third kappa shape index (κ3) is 4.73. The van der Waals surface area contributed by atoms with E-state index in [1.54, 1.807) is 36.1 Å². The number of ether oxygens (including phenoxy) is 1. The quantitative estimate of drug-likeness (QED) is 0.344. The highest BCUT2D eigenvalue weighted by atomic mass is 35.5. The molecule has 1 aliphatic heterocycles. The lowest BCUT2D eigenvalue weighted by atomic mass is 9.73. The van der Waals surface area contributed by atoms with E-state index >= 15 is 0 Å². The van der Waals surface area contributed by atoms with Gasteiger partial charge in [0.25, 0.3) is 0 Å². The van der Waals surface area contributed by atoms with Crippen LogP contribution in [0.4, 0.5) is 5.95 Å². The Labute approximate surface area is 212 Å². The largest absolute Gasteiger partial charge is 0.497 e. The summed E-state index contributed by atoms with van der Waals surface area (Å²) in [6.07, 6.45) is 1.20. The first-order valence-electron chi connectivity index (χ1n) is 11.3. The fraction of sp³-hybridized carbons (Fsp3) is 0.308. The zero-order chi connectivity index (χ0) is 24.7. The number of carbonyl (C=O) groups excluding carboxylic acids is 2. The van der Waals surface area contributed by atoms with Crippen molar-refractivity contribution in [1.82, 2.24) is 14.8 Å². The van der Waals surface area contributed by atoms with Crippen LogP contribution >= 0.6 is 23.4 Å².